The lowest BCUT2D eigenvalue weighted by Gasteiger charge is -2.19. The lowest BCUT2D eigenvalue weighted by Crippen LogP contribution is -2.40. The van der Waals surface area contributed by atoms with E-state index in [1.165, 1.54) is 18.2 Å². The fraction of sp³-hybridized carbons (Fsp3) is 0.316. The van der Waals surface area contributed by atoms with Gasteiger partial charge in [-0.05, 0) is 48.2 Å². The molecule has 0 aliphatic heterocycles. The van der Waals surface area contributed by atoms with E-state index in [4.69, 9.17) is 0 Å². The van der Waals surface area contributed by atoms with Gasteiger partial charge in [0.1, 0.15) is 11.6 Å². The van der Waals surface area contributed by atoms with E-state index in [0.29, 0.717) is 19.0 Å². The van der Waals surface area contributed by atoms with E-state index in [-0.39, 0.29) is 17.0 Å². The Kier molecular flexibility index (Phi) is 4.79. The number of rotatable bonds is 5. The number of benzene rings is 2. The van der Waals surface area contributed by atoms with Crippen molar-refractivity contribution in [3.05, 3.63) is 71.3 Å². The van der Waals surface area contributed by atoms with E-state index in [9.17, 15) is 8.78 Å². The highest BCUT2D eigenvalue weighted by Crippen LogP contribution is 2.47. The molecule has 2 aromatic carbocycles. The van der Waals surface area contributed by atoms with Gasteiger partial charge in [-0.3, -0.25) is 4.99 Å². The monoisotopic (exact) mass is 329 g/mol. The van der Waals surface area contributed by atoms with Gasteiger partial charge in [-0.2, -0.15) is 0 Å². The van der Waals surface area contributed by atoms with Gasteiger partial charge >= 0.3 is 0 Å². The van der Waals surface area contributed by atoms with Crippen molar-refractivity contribution in [3.63, 3.8) is 0 Å². The molecule has 3 nitrogen and oxygen atoms in total. The number of halogens is 2. The highest BCUT2D eigenvalue weighted by Gasteiger charge is 2.44. The Hall–Kier alpha value is -2.43. The normalized spacial score (nSPS) is 15.9. The largest absolute Gasteiger partial charge is 0.356 e. The topological polar surface area (TPSA) is 36.4 Å². The van der Waals surface area contributed by atoms with Crippen molar-refractivity contribution in [3.8, 4) is 0 Å². The van der Waals surface area contributed by atoms with Gasteiger partial charge in [0, 0.05) is 25.6 Å². The maximum atomic E-state index is 13.4. The summed E-state index contributed by atoms with van der Waals surface area (Å²) >= 11 is 0. The number of hydrogen-bond donors (Lipinski definition) is 2. The lowest BCUT2D eigenvalue weighted by molar-refractivity contribution is 0.607. The van der Waals surface area contributed by atoms with Gasteiger partial charge in [-0.1, -0.05) is 24.3 Å². The Morgan fingerprint density at radius 1 is 1.04 bits per heavy atom. The predicted molar refractivity (Wildman–Crippen MR) is 91.9 cm³/mol. The number of hydrogen-bond acceptors (Lipinski definition) is 1. The zero-order valence-electron chi connectivity index (χ0n) is 13.7. The first kappa shape index (κ1) is 16.4. The van der Waals surface area contributed by atoms with Gasteiger partial charge in [0.15, 0.2) is 5.96 Å². The fourth-order valence-corrected chi connectivity index (χ4v) is 2.80. The van der Waals surface area contributed by atoms with E-state index in [1.54, 1.807) is 31.3 Å². The summed E-state index contributed by atoms with van der Waals surface area (Å²) in [5.74, 6) is 0.242. The van der Waals surface area contributed by atoms with Crippen molar-refractivity contribution in [2.75, 3.05) is 13.6 Å². The molecule has 0 radical (unpaired) electrons. The third kappa shape index (κ3) is 3.91. The second-order valence-corrected chi connectivity index (χ2v) is 6.20. The average Bonchev–Trinajstić information content (AvgIpc) is 3.38. The summed E-state index contributed by atoms with van der Waals surface area (Å²) < 4.78 is 26.4. The molecule has 2 aromatic rings. The molecule has 1 aliphatic carbocycles. The highest BCUT2D eigenvalue weighted by atomic mass is 19.1. The Balaban J connectivity index is 1.55. The van der Waals surface area contributed by atoms with Gasteiger partial charge < -0.3 is 10.6 Å². The van der Waals surface area contributed by atoms with Crippen LogP contribution in [0.5, 0.6) is 0 Å². The molecule has 1 fully saturated rings. The predicted octanol–water partition coefficient (Wildman–Crippen LogP) is 3.36. The van der Waals surface area contributed by atoms with E-state index in [0.717, 1.165) is 24.0 Å². The molecule has 5 heteroatoms. The number of aliphatic imine (C=N–C) groups is 1. The first-order chi connectivity index (χ1) is 11.6. The Bertz CT molecular complexity index is 722. The molecule has 0 amide bonds. The third-order valence-electron chi connectivity index (χ3n) is 4.48. The van der Waals surface area contributed by atoms with Crippen LogP contribution in [0.25, 0.3) is 0 Å². The summed E-state index contributed by atoms with van der Waals surface area (Å²) in [4.78, 5) is 4.21. The lowest BCUT2D eigenvalue weighted by atomic mass is 9.96. The van der Waals surface area contributed by atoms with Crippen molar-refractivity contribution in [2.24, 2.45) is 4.99 Å². The molecule has 0 bridgehead atoms. The molecule has 0 atom stereocenters. The number of nitrogens with one attached hydrogen (secondary N) is 2. The van der Waals surface area contributed by atoms with Crippen LogP contribution in [0.3, 0.4) is 0 Å². The molecular weight excluding hydrogens is 308 g/mol. The van der Waals surface area contributed by atoms with Crippen molar-refractivity contribution in [1.29, 1.82) is 0 Å². The van der Waals surface area contributed by atoms with Crippen LogP contribution in [-0.4, -0.2) is 19.6 Å². The van der Waals surface area contributed by atoms with Crippen LogP contribution in [0.4, 0.5) is 8.78 Å². The summed E-state index contributed by atoms with van der Waals surface area (Å²) in [5.41, 5.74) is 2.00. The SMILES string of the molecule is CN=C(NCc1ccc(F)cc1)NCC1(c2cccc(F)c2)CC1. The summed E-state index contributed by atoms with van der Waals surface area (Å²) in [6.07, 6.45) is 2.08. The summed E-state index contributed by atoms with van der Waals surface area (Å²) in [5, 5.41) is 6.52. The molecule has 2 N–H and O–H groups in total. The molecule has 1 aliphatic rings. The maximum Gasteiger partial charge on any atom is 0.191 e. The summed E-state index contributed by atoms with van der Waals surface area (Å²) in [7, 11) is 1.71. The van der Waals surface area contributed by atoms with Crippen molar-refractivity contribution < 1.29 is 8.78 Å². The van der Waals surface area contributed by atoms with Crippen LogP contribution in [0.1, 0.15) is 24.0 Å². The zero-order valence-corrected chi connectivity index (χ0v) is 13.7. The second-order valence-electron chi connectivity index (χ2n) is 6.20. The minimum atomic E-state index is -0.243. The number of nitrogens with zero attached hydrogens (tertiary/aromatic N) is 1. The number of guanidine groups is 1. The van der Waals surface area contributed by atoms with Crippen LogP contribution in [0.15, 0.2) is 53.5 Å². The van der Waals surface area contributed by atoms with Gasteiger partial charge in [0.05, 0.1) is 0 Å². The fourth-order valence-electron chi connectivity index (χ4n) is 2.80. The second kappa shape index (κ2) is 6.99. The molecule has 0 unspecified atom stereocenters. The van der Waals surface area contributed by atoms with Gasteiger partial charge in [-0.25, -0.2) is 8.78 Å². The van der Waals surface area contributed by atoms with Crippen molar-refractivity contribution in [2.45, 2.75) is 24.8 Å². The van der Waals surface area contributed by atoms with E-state index >= 15 is 0 Å². The molecule has 3 rings (SSSR count). The smallest absolute Gasteiger partial charge is 0.191 e. The zero-order chi connectivity index (χ0) is 17.0. The first-order valence-electron chi connectivity index (χ1n) is 8.06. The molecule has 0 aromatic heterocycles. The molecule has 24 heavy (non-hydrogen) atoms. The molecule has 126 valence electrons. The summed E-state index contributed by atoms with van der Waals surface area (Å²) in [6.45, 7) is 1.27. The third-order valence-corrected chi connectivity index (χ3v) is 4.48. The average molecular weight is 329 g/mol. The molecule has 1 saturated carbocycles. The van der Waals surface area contributed by atoms with Crippen LogP contribution in [-0.2, 0) is 12.0 Å². The van der Waals surface area contributed by atoms with Crippen LogP contribution >= 0.6 is 0 Å². The minimum absolute atomic E-state index is 0.00437. The summed E-state index contributed by atoms with van der Waals surface area (Å²) in [6, 6.07) is 13.2. The quantitative estimate of drug-likeness (QED) is 0.652. The Morgan fingerprint density at radius 3 is 2.42 bits per heavy atom. The van der Waals surface area contributed by atoms with E-state index < -0.39 is 0 Å². The molecular formula is C19H21F2N3. The highest BCUT2D eigenvalue weighted by molar-refractivity contribution is 5.79. The first-order valence-corrected chi connectivity index (χ1v) is 8.06. The van der Waals surface area contributed by atoms with Crippen molar-refractivity contribution in [1.82, 2.24) is 10.6 Å². The maximum absolute atomic E-state index is 13.4. The van der Waals surface area contributed by atoms with E-state index in [1.807, 2.05) is 6.07 Å². The van der Waals surface area contributed by atoms with Gasteiger partial charge in [-0.15, -0.1) is 0 Å². The van der Waals surface area contributed by atoms with Crippen LogP contribution in [0.2, 0.25) is 0 Å². The van der Waals surface area contributed by atoms with Crippen LogP contribution in [0, 0.1) is 11.6 Å². The minimum Gasteiger partial charge on any atom is -0.356 e. The Morgan fingerprint density at radius 2 is 1.79 bits per heavy atom. The van der Waals surface area contributed by atoms with Crippen molar-refractivity contribution >= 4 is 5.96 Å². The van der Waals surface area contributed by atoms with Gasteiger partial charge in [0.2, 0.25) is 0 Å². The molecule has 0 heterocycles. The van der Waals surface area contributed by atoms with E-state index in [2.05, 4.69) is 15.6 Å². The molecule has 0 saturated heterocycles. The van der Waals surface area contributed by atoms with Crippen LogP contribution < -0.4 is 10.6 Å². The molecule has 0 spiro atoms. The Labute approximate surface area is 140 Å². The van der Waals surface area contributed by atoms with Gasteiger partial charge in [0.25, 0.3) is 0 Å². The standard InChI is InChI=1S/C19H21F2N3/c1-22-18(23-12-14-5-7-16(20)8-6-14)24-13-19(9-10-19)15-3-2-4-17(21)11-15/h2-8,11H,9-10,12-13H2,1H3,(H2,22,23,24).